The second kappa shape index (κ2) is 13.5. The first kappa shape index (κ1) is 28.5. The summed E-state index contributed by atoms with van der Waals surface area (Å²) in [5, 5.41) is 12.0. The first-order valence-corrected chi connectivity index (χ1v) is 13.9. The van der Waals surface area contributed by atoms with E-state index in [0.29, 0.717) is 18.5 Å². The van der Waals surface area contributed by atoms with Gasteiger partial charge in [0.15, 0.2) is 0 Å². The van der Waals surface area contributed by atoms with Gasteiger partial charge in [0, 0.05) is 18.3 Å². The lowest BCUT2D eigenvalue weighted by atomic mass is 10.0. The molecular formula is C28H31N3O6S. The third kappa shape index (κ3) is 7.97. The number of benzene rings is 2. The molecule has 9 nitrogen and oxygen atoms in total. The highest BCUT2D eigenvalue weighted by atomic mass is 32.2. The van der Waals surface area contributed by atoms with Crippen molar-refractivity contribution in [1.82, 2.24) is 15.0 Å². The lowest BCUT2D eigenvalue weighted by Gasteiger charge is -2.12. The van der Waals surface area contributed by atoms with Crippen LogP contribution in [-0.2, 0) is 23.0 Å². The van der Waals surface area contributed by atoms with Crippen LogP contribution in [0.2, 0.25) is 0 Å². The van der Waals surface area contributed by atoms with E-state index in [4.69, 9.17) is 0 Å². The van der Waals surface area contributed by atoms with Gasteiger partial charge in [-0.15, -0.1) is 0 Å². The van der Waals surface area contributed by atoms with E-state index in [2.05, 4.69) is 17.2 Å². The molecule has 2 amide bonds. The van der Waals surface area contributed by atoms with E-state index in [1.165, 1.54) is 30.3 Å². The molecule has 3 aromatic rings. The van der Waals surface area contributed by atoms with Gasteiger partial charge in [-0.25, -0.2) is 22.9 Å². The Hall–Kier alpha value is -4.05. The Balaban J connectivity index is 1.69. The third-order valence-electron chi connectivity index (χ3n) is 5.95. The maximum absolute atomic E-state index is 12.9. The fourth-order valence-electron chi connectivity index (χ4n) is 3.85. The van der Waals surface area contributed by atoms with Gasteiger partial charge < -0.3 is 10.4 Å². The van der Waals surface area contributed by atoms with E-state index in [9.17, 15) is 27.9 Å². The number of amides is 2. The lowest BCUT2D eigenvalue weighted by Crippen LogP contribution is -2.31. The van der Waals surface area contributed by atoms with Crippen LogP contribution in [0.4, 0.5) is 0 Å². The molecule has 0 aliphatic rings. The monoisotopic (exact) mass is 537 g/mol. The number of nitrogens with zero attached hydrogens (tertiary/aromatic N) is 1. The van der Waals surface area contributed by atoms with Crippen LogP contribution in [0.5, 0.6) is 0 Å². The molecule has 0 spiro atoms. The molecule has 10 heteroatoms. The summed E-state index contributed by atoms with van der Waals surface area (Å²) in [7, 11) is -4.26. The fourth-order valence-corrected chi connectivity index (χ4v) is 4.81. The molecule has 0 aliphatic carbocycles. The summed E-state index contributed by atoms with van der Waals surface area (Å²) in [5.74, 6) is -2.50. The number of aromatic carboxylic acids is 1. The molecule has 0 saturated carbocycles. The molecule has 200 valence electrons. The Morgan fingerprint density at radius 1 is 0.895 bits per heavy atom. The quantitative estimate of drug-likeness (QED) is 0.275. The Labute approximate surface area is 222 Å². The van der Waals surface area contributed by atoms with Crippen LogP contribution in [0.1, 0.15) is 81.4 Å². The summed E-state index contributed by atoms with van der Waals surface area (Å²) in [4.78, 5) is 40.3. The summed E-state index contributed by atoms with van der Waals surface area (Å²) in [5.41, 5.74) is 1.41. The van der Waals surface area contributed by atoms with Gasteiger partial charge in [0.05, 0.1) is 10.5 Å². The maximum Gasteiger partial charge on any atom is 0.354 e. The number of nitrogens with one attached hydrogen (secondary N) is 2. The molecule has 0 saturated heterocycles. The zero-order chi connectivity index (χ0) is 27.5. The third-order valence-corrected chi connectivity index (χ3v) is 7.30. The number of carboxylic acids is 1. The van der Waals surface area contributed by atoms with E-state index < -0.39 is 21.9 Å². The Morgan fingerprint density at radius 2 is 1.58 bits per heavy atom. The van der Waals surface area contributed by atoms with Crippen molar-refractivity contribution >= 4 is 27.8 Å². The van der Waals surface area contributed by atoms with Gasteiger partial charge in [0.25, 0.3) is 21.8 Å². The van der Waals surface area contributed by atoms with Crippen molar-refractivity contribution < 1.29 is 27.9 Å². The first-order chi connectivity index (χ1) is 18.2. The highest BCUT2D eigenvalue weighted by molar-refractivity contribution is 7.90. The molecule has 1 aromatic heterocycles. The van der Waals surface area contributed by atoms with Crippen molar-refractivity contribution in [3.05, 3.63) is 94.8 Å². The molecule has 3 N–H and O–H groups in total. The molecule has 0 aliphatic heterocycles. The number of unbranched alkanes of at least 4 members (excludes halogenated alkanes) is 4. The minimum Gasteiger partial charge on any atom is -0.477 e. The average Bonchev–Trinajstić information content (AvgIpc) is 2.91. The Morgan fingerprint density at radius 3 is 2.24 bits per heavy atom. The number of pyridine rings is 1. The molecule has 0 radical (unpaired) electrons. The molecule has 2 aromatic carbocycles. The van der Waals surface area contributed by atoms with E-state index >= 15 is 0 Å². The van der Waals surface area contributed by atoms with Crippen molar-refractivity contribution in [2.45, 2.75) is 56.9 Å². The first-order valence-electron chi connectivity index (χ1n) is 12.4. The standard InChI is InChI=1S/C28H31N3O6S/c1-2-3-4-5-9-12-22-17-25(28(34)35)29-19-24(22)27(33)31-38(36,37)23-15-13-21(14-16-23)26(32)30-18-20-10-7-6-8-11-20/h6-8,10-11,13-17,19H,2-5,9,12,18H2,1H3,(H,30,32)(H,31,33)(H,34,35). The van der Waals surface area contributed by atoms with Crippen LogP contribution in [0.25, 0.3) is 0 Å². The minimum absolute atomic E-state index is 0.00553. The number of carbonyl (C=O) groups is 3. The number of hydrogen-bond donors (Lipinski definition) is 3. The van der Waals surface area contributed by atoms with E-state index in [1.54, 1.807) is 0 Å². The molecule has 0 bridgehead atoms. The maximum atomic E-state index is 12.9. The topological polar surface area (TPSA) is 143 Å². The molecule has 0 atom stereocenters. The molecule has 0 fully saturated rings. The highest BCUT2D eigenvalue weighted by Gasteiger charge is 2.22. The van der Waals surface area contributed by atoms with Gasteiger partial charge in [-0.1, -0.05) is 62.9 Å². The minimum atomic E-state index is -4.26. The summed E-state index contributed by atoms with van der Waals surface area (Å²) in [6, 6.07) is 15.9. The molecule has 1 heterocycles. The zero-order valence-electron chi connectivity index (χ0n) is 21.1. The smallest absolute Gasteiger partial charge is 0.354 e. The van der Waals surface area contributed by atoms with Gasteiger partial charge >= 0.3 is 5.97 Å². The number of aromatic nitrogens is 1. The Kier molecular flexibility index (Phi) is 10.1. The molecule has 38 heavy (non-hydrogen) atoms. The summed E-state index contributed by atoms with van der Waals surface area (Å²) in [6.45, 7) is 2.42. The van der Waals surface area contributed by atoms with Crippen molar-refractivity contribution in [1.29, 1.82) is 0 Å². The van der Waals surface area contributed by atoms with Gasteiger partial charge in [0.2, 0.25) is 0 Å². The number of rotatable bonds is 13. The second-order valence-electron chi connectivity index (χ2n) is 8.82. The summed E-state index contributed by atoms with van der Waals surface area (Å²) >= 11 is 0. The van der Waals surface area contributed by atoms with Crippen LogP contribution in [0, 0.1) is 0 Å². The molecular weight excluding hydrogens is 506 g/mol. The van der Waals surface area contributed by atoms with Crippen molar-refractivity contribution in [3.8, 4) is 0 Å². The zero-order valence-corrected chi connectivity index (χ0v) is 22.0. The summed E-state index contributed by atoms with van der Waals surface area (Å²) in [6.07, 6.45) is 6.31. The van der Waals surface area contributed by atoms with Crippen LogP contribution < -0.4 is 10.0 Å². The van der Waals surface area contributed by atoms with E-state index in [-0.39, 0.29) is 27.6 Å². The number of carboxylic acid groups (broad SMARTS) is 1. The normalized spacial score (nSPS) is 11.1. The van der Waals surface area contributed by atoms with Gasteiger partial charge in [-0.2, -0.15) is 0 Å². The van der Waals surface area contributed by atoms with Crippen LogP contribution in [-0.4, -0.2) is 36.3 Å². The predicted octanol–water partition coefficient (Wildman–Crippen LogP) is 4.34. The van der Waals surface area contributed by atoms with Gasteiger partial charge in [-0.3, -0.25) is 9.59 Å². The van der Waals surface area contributed by atoms with E-state index in [1.807, 2.05) is 35.1 Å². The lowest BCUT2D eigenvalue weighted by molar-refractivity contribution is 0.0689. The molecule has 3 rings (SSSR count). The summed E-state index contributed by atoms with van der Waals surface area (Å²) < 4.78 is 27.8. The average molecular weight is 538 g/mol. The second-order valence-corrected chi connectivity index (χ2v) is 10.5. The number of hydrogen-bond acceptors (Lipinski definition) is 6. The highest BCUT2D eigenvalue weighted by Crippen LogP contribution is 2.17. The van der Waals surface area contributed by atoms with Gasteiger partial charge in [-0.05, 0) is 54.3 Å². The van der Waals surface area contributed by atoms with Crippen molar-refractivity contribution in [2.75, 3.05) is 0 Å². The van der Waals surface area contributed by atoms with Crippen LogP contribution >= 0.6 is 0 Å². The largest absolute Gasteiger partial charge is 0.477 e. The SMILES string of the molecule is CCCCCCCc1cc(C(=O)O)ncc1C(=O)NS(=O)(=O)c1ccc(C(=O)NCc2ccccc2)cc1. The fraction of sp³-hybridized carbons (Fsp3) is 0.286. The Bertz CT molecular complexity index is 1370. The number of carbonyl (C=O) groups excluding carboxylic acids is 2. The van der Waals surface area contributed by atoms with Crippen molar-refractivity contribution in [2.24, 2.45) is 0 Å². The number of aryl methyl sites for hydroxylation is 1. The van der Waals surface area contributed by atoms with E-state index in [0.717, 1.165) is 43.9 Å². The van der Waals surface area contributed by atoms with Crippen LogP contribution in [0.3, 0.4) is 0 Å². The van der Waals surface area contributed by atoms with Crippen molar-refractivity contribution in [3.63, 3.8) is 0 Å². The predicted molar refractivity (Wildman–Crippen MR) is 142 cm³/mol. The van der Waals surface area contributed by atoms with Gasteiger partial charge in [0.1, 0.15) is 5.69 Å². The van der Waals surface area contributed by atoms with Crippen LogP contribution in [0.15, 0.2) is 71.8 Å². The molecule has 0 unspecified atom stereocenters. The number of sulfonamides is 1.